The lowest BCUT2D eigenvalue weighted by molar-refractivity contribution is 0.159. The molecule has 1 aliphatic rings. The van der Waals surface area contributed by atoms with E-state index < -0.39 is 22.2 Å². The third-order valence-electron chi connectivity index (χ3n) is 2.81. The highest BCUT2D eigenvalue weighted by atomic mass is 35.5. The van der Waals surface area contributed by atoms with Crippen molar-refractivity contribution >= 4 is 21.6 Å². The van der Waals surface area contributed by atoms with Gasteiger partial charge in [0.25, 0.3) is 0 Å². The van der Waals surface area contributed by atoms with E-state index in [-0.39, 0.29) is 9.92 Å². The van der Waals surface area contributed by atoms with E-state index in [1.54, 1.807) is 0 Å². The molecule has 2 N–H and O–H groups in total. The topological polar surface area (TPSA) is 79.3 Å². The van der Waals surface area contributed by atoms with Gasteiger partial charge in [-0.15, -0.1) is 0 Å². The maximum Gasteiger partial charge on any atom is 0.242 e. The monoisotopic (exact) mass is 276 g/mol. The van der Waals surface area contributed by atoms with Crippen LogP contribution in [-0.2, 0) is 10.0 Å². The van der Waals surface area contributed by atoms with E-state index in [4.69, 9.17) is 11.6 Å². The number of aromatic nitrogens is 1. The summed E-state index contributed by atoms with van der Waals surface area (Å²) >= 11 is 5.79. The molecule has 2 rings (SSSR count). The van der Waals surface area contributed by atoms with Crippen LogP contribution in [-0.4, -0.2) is 30.7 Å². The Hall–Kier alpha value is -0.690. The molecule has 5 nitrogen and oxygen atoms in total. The third kappa shape index (κ3) is 2.77. The summed E-state index contributed by atoms with van der Waals surface area (Å²) < 4.78 is 26.5. The number of hydrogen-bond donors (Lipinski definition) is 2. The molecule has 1 heterocycles. The van der Waals surface area contributed by atoms with Crippen molar-refractivity contribution in [2.45, 2.75) is 36.3 Å². The Morgan fingerprint density at radius 1 is 1.47 bits per heavy atom. The molecule has 1 aromatic heterocycles. The number of sulfonamides is 1. The second kappa shape index (κ2) is 4.89. The van der Waals surface area contributed by atoms with Crippen LogP contribution in [0.4, 0.5) is 0 Å². The molecule has 1 fully saturated rings. The average Bonchev–Trinajstić information content (AvgIpc) is 2.64. The fourth-order valence-corrected chi connectivity index (χ4v) is 3.70. The van der Waals surface area contributed by atoms with Gasteiger partial charge >= 0.3 is 0 Å². The van der Waals surface area contributed by atoms with Gasteiger partial charge in [0.2, 0.25) is 10.0 Å². The molecule has 0 unspecified atom stereocenters. The van der Waals surface area contributed by atoms with Crippen molar-refractivity contribution in [3.05, 3.63) is 23.5 Å². The number of aliphatic hydroxyl groups is 1. The minimum absolute atomic E-state index is 0.00623. The van der Waals surface area contributed by atoms with Gasteiger partial charge in [-0.25, -0.2) is 13.1 Å². The fourth-order valence-electron chi connectivity index (χ4n) is 1.92. The minimum Gasteiger partial charge on any atom is -0.391 e. The van der Waals surface area contributed by atoms with E-state index in [9.17, 15) is 13.5 Å². The Labute approximate surface area is 105 Å². The number of rotatable bonds is 3. The molecule has 0 saturated heterocycles. The van der Waals surface area contributed by atoms with Crippen LogP contribution in [0.5, 0.6) is 0 Å². The molecular weight excluding hydrogens is 264 g/mol. The van der Waals surface area contributed by atoms with Gasteiger partial charge in [0.05, 0.1) is 11.1 Å². The molecular formula is C10H13ClN2O3S. The summed E-state index contributed by atoms with van der Waals surface area (Å²) in [6.45, 7) is 0. The van der Waals surface area contributed by atoms with Gasteiger partial charge in [-0.2, -0.15) is 0 Å². The van der Waals surface area contributed by atoms with Gasteiger partial charge in [-0.1, -0.05) is 11.6 Å². The molecule has 94 valence electrons. The smallest absolute Gasteiger partial charge is 0.242 e. The molecule has 0 radical (unpaired) electrons. The Kier molecular flexibility index (Phi) is 3.67. The van der Waals surface area contributed by atoms with Crippen LogP contribution in [0, 0.1) is 0 Å². The highest BCUT2D eigenvalue weighted by molar-refractivity contribution is 7.89. The van der Waals surface area contributed by atoms with Crippen LogP contribution in [0.3, 0.4) is 0 Å². The Morgan fingerprint density at radius 2 is 2.24 bits per heavy atom. The summed E-state index contributed by atoms with van der Waals surface area (Å²) in [4.78, 5) is 3.73. The lowest BCUT2D eigenvalue weighted by atomic mass is 10.2. The highest BCUT2D eigenvalue weighted by Gasteiger charge is 2.30. The first-order valence-electron chi connectivity index (χ1n) is 5.30. The number of aliphatic hydroxyl groups excluding tert-OH is 1. The van der Waals surface area contributed by atoms with Gasteiger partial charge in [0.15, 0.2) is 0 Å². The lowest BCUT2D eigenvalue weighted by Crippen LogP contribution is -2.39. The molecule has 17 heavy (non-hydrogen) atoms. The Morgan fingerprint density at radius 3 is 2.82 bits per heavy atom. The summed E-state index contributed by atoms with van der Waals surface area (Å²) in [5.41, 5.74) is 0. The first-order valence-corrected chi connectivity index (χ1v) is 7.17. The molecule has 0 bridgehead atoms. The van der Waals surface area contributed by atoms with E-state index in [1.807, 2.05) is 0 Å². The van der Waals surface area contributed by atoms with E-state index in [0.717, 1.165) is 6.42 Å². The van der Waals surface area contributed by atoms with Gasteiger partial charge in [-0.05, 0) is 25.3 Å². The van der Waals surface area contributed by atoms with Crippen molar-refractivity contribution in [2.24, 2.45) is 0 Å². The number of halogens is 1. The predicted molar refractivity (Wildman–Crippen MR) is 63.2 cm³/mol. The minimum atomic E-state index is -3.69. The summed E-state index contributed by atoms with van der Waals surface area (Å²) in [6.07, 6.45) is 4.11. The number of nitrogens with one attached hydrogen (secondary N) is 1. The van der Waals surface area contributed by atoms with Crippen LogP contribution in [0.15, 0.2) is 23.4 Å². The maximum absolute atomic E-state index is 12.0. The summed E-state index contributed by atoms with van der Waals surface area (Å²) in [5.74, 6) is 0. The first-order chi connectivity index (χ1) is 8.00. The Bertz CT molecular complexity index is 506. The van der Waals surface area contributed by atoms with Crippen molar-refractivity contribution in [1.29, 1.82) is 0 Å². The zero-order valence-electron chi connectivity index (χ0n) is 9.01. The normalized spacial score (nSPS) is 25.1. The van der Waals surface area contributed by atoms with Crippen molar-refractivity contribution < 1.29 is 13.5 Å². The second-order valence-corrected chi connectivity index (χ2v) is 6.12. The van der Waals surface area contributed by atoms with E-state index in [2.05, 4.69) is 9.71 Å². The zero-order valence-corrected chi connectivity index (χ0v) is 10.6. The number of nitrogens with zero attached hydrogens (tertiary/aromatic N) is 1. The first kappa shape index (κ1) is 12.8. The summed E-state index contributed by atoms with van der Waals surface area (Å²) in [7, 11) is -3.69. The number of hydrogen-bond acceptors (Lipinski definition) is 4. The van der Waals surface area contributed by atoms with E-state index in [0.29, 0.717) is 12.8 Å². The van der Waals surface area contributed by atoms with Gasteiger partial charge in [0, 0.05) is 18.4 Å². The number of pyridine rings is 1. The van der Waals surface area contributed by atoms with E-state index in [1.165, 1.54) is 18.5 Å². The lowest BCUT2D eigenvalue weighted by Gasteiger charge is -2.16. The van der Waals surface area contributed by atoms with Crippen molar-refractivity contribution in [3.63, 3.8) is 0 Å². The molecule has 1 saturated carbocycles. The predicted octanol–water partition coefficient (Wildman–Crippen LogP) is 0.927. The third-order valence-corrected chi connectivity index (χ3v) is 4.77. The largest absolute Gasteiger partial charge is 0.391 e. The van der Waals surface area contributed by atoms with Gasteiger partial charge < -0.3 is 5.11 Å². The highest BCUT2D eigenvalue weighted by Crippen LogP contribution is 2.23. The molecule has 7 heteroatoms. The van der Waals surface area contributed by atoms with Crippen molar-refractivity contribution in [2.75, 3.05) is 0 Å². The quantitative estimate of drug-likeness (QED) is 0.861. The van der Waals surface area contributed by atoms with Crippen LogP contribution < -0.4 is 4.72 Å². The van der Waals surface area contributed by atoms with Crippen molar-refractivity contribution in [1.82, 2.24) is 9.71 Å². The molecule has 1 aromatic rings. The fraction of sp³-hybridized carbons (Fsp3) is 0.500. The molecule has 0 aliphatic heterocycles. The summed E-state index contributed by atoms with van der Waals surface area (Å²) in [5, 5.41) is 9.67. The standard InChI is InChI=1S/C10H13ClN2O3S/c11-7-6-12-5-4-10(7)17(15,16)13-8-2-1-3-9(8)14/h4-6,8-9,13-14H,1-3H2/t8-,9-/m0/s1. The second-order valence-electron chi connectivity index (χ2n) is 4.03. The molecule has 2 atom stereocenters. The van der Waals surface area contributed by atoms with Crippen LogP contribution in [0.25, 0.3) is 0 Å². The molecule has 1 aliphatic carbocycles. The van der Waals surface area contributed by atoms with Gasteiger partial charge in [0.1, 0.15) is 4.90 Å². The summed E-state index contributed by atoms with van der Waals surface area (Å²) in [6, 6.07) is 0.913. The van der Waals surface area contributed by atoms with Crippen LogP contribution >= 0.6 is 11.6 Å². The molecule has 0 amide bonds. The van der Waals surface area contributed by atoms with E-state index >= 15 is 0 Å². The van der Waals surface area contributed by atoms with Crippen molar-refractivity contribution in [3.8, 4) is 0 Å². The molecule has 0 spiro atoms. The average molecular weight is 277 g/mol. The van der Waals surface area contributed by atoms with Gasteiger partial charge in [-0.3, -0.25) is 4.98 Å². The maximum atomic E-state index is 12.0. The van der Waals surface area contributed by atoms with Crippen LogP contribution in [0.2, 0.25) is 5.02 Å². The van der Waals surface area contributed by atoms with Crippen LogP contribution in [0.1, 0.15) is 19.3 Å². The zero-order chi connectivity index (χ0) is 12.5. The Balaban J connectivity index is 2.22. The SMILES string of the molecule is O=S(=O)(N[C@H]1CCC[C@@H]1O)c1ccncc1Cl. The molecule has 0 aromatic carbocycles.